The van der Waals surface area contributed by atoms with Gasteiger partial charge in [0.25, 0.3) is 0 Å². The summed E-state index contributed by atoms with van der Waals surface area (Å²) in [7, 11) is 0. The number of fused-ring (bicyclic) bond motifs is 1. The van der Waals surface area contributed by atoms with E-state index in [0.29, 0.717) is 6.04 Å². The van der Waals surface area contributed by atoms with E-state index >= 15 is 0 Å². The van der Waals surface area contributed by atoms with Crippen LogP contribution >= 0.6 is 15.9 Å². The minimum absolute atomic E-state index is 0.552. The molecule has 1 fully saturated rings. The Morgan fingerprint density at radius 3 is 3.07 bits per heavy atom. The van der Waals surface area contributed by atoms with E-state index < -0.39 is 0 Å². The summed E-state index contributed by atoms with van der Waals surface area (Å²) in [5.41, 5.74) is 2.61. The highest BCUT2D eigenvalue weighted by Crippen LogP contribution is 2.29. The molecular formula is C12H13BrN2. The topological polar surface area (TPSA) is 27.8 Å². The van der Waals surface area contributed by atoms with E-state index in [1.807, 2.05) is 6.20 Å². The monoisotopic (exact) mass is 264 g/mol. The third-order valence-corrected chi connectivity index (χ3v) is 3.77. The van der Waals surface area contributed by atoms with Crippen molar-refractivity contribution < 1.29 is 0 Å². The second kappa shape index (κ2) is 3.65. The fraction of sp³-hybridized carbons (Fsp3) is 0.333. The molecule has 0 spiro atoms. The Balaban J connectivity index is 2.05. The first kappa shape index (κ1) is 9.43. The molecule has 2 heterocycles. The predicted molar refractivity (Wildman–Crippen MR) is 66.0 cm³/mol. The number of H-pyrrole nitrogens is 1. The van der Waals surface area contributed by atoms with Gasteiger partial charge in [0.15, 0.2) is 0 Å². The Hall–Kier alpha value is -0.800. The molecule has 1 atom stereocenters. The number of halogens is 1. The maximum Gasteiger partial charge on any atom is 0.0469 e. The molecule has 3 rings (SSSR count). The molecule has 0 saturated carbocycles. The van der Waals surface area contributed by atoms with Crippen molar-refractivity contribution in [2.24, 2.45) is 0 Å². The molecule has 1 aromatic heterocycles. The summed E-state index contributed by atoms with van der Waals surface area (Å²) < 4.78 is 1.14. The highest BCUT2D eigenvalue weighted by Gasteiger charge is 2.16. The zero-order valence-electron chi connectivity index (χ0n) is 8.39. The summed E-state index contributed by atoms with van der Waals surface area (Å²) in [5.74, 6) is 0. The fourth-order valence-electron chi connectivity index (χ4n) is 2.29. The molecule has 2 N–H and O–H groups in total. The van der Waals surface area contributed by atoms with Crippen molar-refractivity contribution in [2.75, 3.05) is 6.54 Å². The molecule has 1 aliphatic rings. The van der Waals surface area contributed by atoms with Crippen LogP contribution in [0.15, 0.2) is 28.9 Å². The van der Waals surface area contributed by atoms with Gasteiger partial charge in [-0.2, -0.15) is 0 Å². The highest BCUT2D eigenvalue weighted by atomic mass is 79.9. The third kappa shape index (κ3) is 1.60. The number of benzene rings is 1. The van der Waals surface area contributed by atoms with Crippen LogP contribution in [0.2, 0.25) is 0 Å². The molecule has 2 aromatic rings. The number of nitrogens with one attached hydrogen (secondary N) is 2. The third-order valence-electron chi connectivity index (χ3n) is 3.12. The van der Waals surface area contributed by atoms with Crippen LogP contribution in [-0.2, 0) is 0 Å². The van der Waals surface area contributed by atoms with Gasteiger partial charge in [-0.15, -0.1) is 0 Å². The van der Waals surface area contributed by atoms with E-state index in [4.69, 9.17) is 0 Å². The lowest BCUT2D eigenvalue weighted by atomic mass is 10.0. The Morgan fingerprint density at radius 1 is 1.33 bits per heavy atom. The van der Waals surface area contributed by atoms with Crippen LogP contribution < -0.4 is 5.32 Å². The molecule has 1 aliphatic heterocycles. The van der Waals surface area contributed by atoms with Gasteiger partial charge in [0, 0.05) is 27.6 Å². The maximum atomic E-state index is 3.53. The first-order chi connectivity index (χ1) is 7.34. The molecule has 2 nitrogen and oxygen atoms in total. The molecule has 0 amide bonds. The van der Waals surface area contributed by atoms with E-state index in [1.54, 1.807) is 0 Å². The normalized spacial score (nSPS) is 21.3. The SMILES string of the molecule is Brc1c[nH]c2cc(C3CCCN3)ccc12. The molecule has 1 saturated heterocycles. The van der Waals surface area contributed by atoms with Gasteiger partial charge >= 0.3 is 0 Å². The van der Waals surface area contributed by atoms with Crippen LogP contribution in [0.4, 0.5) is 0 Å². The van der Waals surface area contributed by atoms with Gasteiger partial charge in [-0.25, -0.2) is 0 Å². The molecule has 0 aliphatic carbocycles. The summed E-state index contributed by atoms with van der Waals surface area (Å²) in [5, 5.41) is 4.78. The fourth-order valence-corrected chi connectivity index (χ4v) is 2.75. The van der Waals surface area contributed by atoms with Gasteiger partial charge in [0.05, 0.1) is 0 Å². The molecule has 0 bridgehead atoms. The van der Waals surface area contributed by atoms with Crippen molar-refractivity contribution >= 4 is 26.8 Å². The number of aromatic amines is 1. The molecular weight excluding hydrogens is 252 g/mol. The van der Waals surface area contributed by atoms with Gasteiger partial charge in [0.2, 0.25) is 0 Å². The van der Waals surface area contributed by atoms with Crippen LogP contribution in [0.5, 0.6) is 0 Å². The largest absolute Gasteiger partial charge is 0.360 e. The lowest BCUT2D eigenvalue weighted by Crippen LogP contribution is -2.12. The minimum atomic E-state index is 0.552. The van der Waals surface area contributed by atoms with E-state index in [2.05, 4.69) is 44.4 Å². The Kier molecular flexibility index (Phi) is 2.29. The van der Waals surface area contributed by atoms with Crippen molar-refractivity contribution in [1.82, 2.24) is 10.3 Å². The van der Waals surface area contributed by atoms with E-state index in [9.17, 15) is 0 Å². The van der Waals surface area contributed by atoms with Crippen LogP contribution in [0.25, 0.3) is 10.9 Å². The van der Waals surface area contributed by atoms with Crippen LogP contribution in [0, 0.1) is 0 Å². The Morgan fingerprint density at radius 2 is 2.27 bits per heavy atom. The van der Waals surface area contributed by atoms with Gasteiger partial charge in [0.1, 0.15) is 0 Å². The first-order valence-corrected chi connectivity index (χ1v) is 6.14. The second-order valence-corrected chi connectivity index (χ2v) is 4.94. The van der Waals surface area contributed by atoms with Crippen molar-refractivity contribution in [1.29, 1.82) is 0 Å². The van der Waals surface area contributed by atoms with Gasteiger partial charge in [-0.1, -0.05) is 12.1 Å². The first-order valence-electron chi connectivity index (χ1n) is 5.34. The molecule has 1 unspecified atom stereocenters. The van der Waals surface area contributed by atoms with Crippen molar-refractivity contribution in [3.63, 3.8) is 0 Å². The van der Waals surface area contributed by atoms with Crippen molar-refractivity contribution in [2.45, 2.75) is 18.9 Å². The van der Waals surface area contributed by atoms with Crippen LogP contribution in [0.3, 0.4) is 0 Å². The van der Waals surface area contributed by atoms with Crippen molar-refractivity contribution in [3.8, 4) is 0 Å². The van der Waals surface area contributed by atoms with Crippen molar-refractivity contribution in [3.05, 3.63) is 34.4 Å². The van der Waals surface area contributed by atoms with Gasteiger partial charge in [-0.3, -0.25) is 0 Å². The quantitative estimate of drug-likeness (QED) is 0.813. The standard InChI is InChI=1S/C12H13BrN2/c13-10-7-15-12-6-8(3-4-9(10)12)11-2-1-5-14-11/h3-4,6-7,11,14-15H,1-2,5H2. The number of hydrogen-bond acceptors (Lipinski definition) is 1. The number of aromatic nitrogens is 1. The van der Waals surface area contributed by atoms with E-state index in [1.165, 1.54) is 29.3 Å². The smallest absolute Gasteiger partial charge is 0.0469 e. The summed E-state index contributed by atoms with van der Waals surface area (Å²) in [4.78, 5) is 3.28. The number of rotatable bonds is 1. The summed E-state index contributed by atoms with van der Waals surface area (Å²) in [6, 6.07) is 7.22. The Bertz CT molecular complexity index is 483. The lowest BCUT2D eigenvalue weighted by Gasteiger charge is -2.10. The molecule has 3 heteroatoms. The summed E-state index contributed by atoms with van der Waals surface area (Å²) >= 11 is 3.53. The summed E-state index contributed by atoms with van der Waals surface area (Å²) in [6.07, 6.45) is 4.54. The van der Waals surface area contributed by atoms with E-state index in [-0.39, 0.29) is 0 Å². The van der Waals surface area contributed by atoms with E-state index in [0.717, 1.165) is 11.0 Å². The lowest BCUT2D eigenvalue weighted by molar-refractivity contribution is 0.648. The average Bonchev–Trinajstić information content (AvgIpc) is 2.88. The minimum Gasteiger partial charge on any atom is -0.360 e. The average molecular weight is 265 g/mol. The molecule has 1 aromatic carbocycles. The summed E-state index contributed by atoms with van der Waals surface area (Å²) in [6.45, 7) is 1.15. The highest BCUT2D eigenvalue weighted by molar-refractivity contribution is 9.10. The second-order valence-electron chi connectivity index (χ2n) is 4.09. The molecule has 78 valence electrons. The number of hydrogen-bond donors (Lipinski definition) is 2. The molecule has 15 heavy (non-hydrogen) atoms. The Labute approximate surface area is 97.2 Å². The zero-order valence-corrected chi connectivity index (χ0v) is 9.97. The predicted octanol–water partition coefficient (Wildman–Crippen LogP) is 3.35. The maximum absolute atomic E-state index is 3.53. The zero-order chi connectivity index (χ0) is 10.3. The van der Waals surface area contributed by atoms with Gasteiger partial charge < -0.3 is 10.3 Å². The van der Waals surface area contributed by atoms with Gasteiger partial charge in [-0.05, 0) is 46.9 Å². The van der Waals surface area contributed by atoms with Crippen LogP contribution in [-0.4, -0.2) is 11.5 Å². The molecule has 0 radical (unpaired) electrons. The van der Waals surface area contributed by atoms with Crippen LogP contribution in [0.1, 0.15) is 24.4 Å².